The molecule has 0 saturated heterocycles. The molecule has 0 aliphatic heterocycles. The van der Waals surface area contributed by atoms with E-state index in [0.29, 0.717) is 24.2 Å². The van der Waals surface area contributed by atoms with Crippen LogP contribution in [0.4, 0.5) is 5.69 Å². The van der Waals surface area contributed by atoms with Gasteiger partial charge in [-0.1, -0.05) is 12.5 Å². The number of benzene rings is 1. The molecule has 5 heteroatoms. The molecule has 19 heavy (non-hydrogen) atoms. The summed E-state index contributed by atoms with van der Waals surface area (Å²) in [5.74, 6) is -0.927. The fourth-order valence-electron chi connectivity index (χ4n) is 1.66. The molecule has 0 aliphatic carbocycles. The number of aryl methyl sites for hydroxylation is 1. The second kappa shape index (κ2) is 7.41. The van der Waals surface area contributed by atoms with Crippen LogP contribution in [0.15, 0.2) is 18.2 Å². The van der Waals surface area contributed by atoms with Crippen molar-refractivity contribution < 1.29 is 14.7 Å². The van der Waals surface area contributed by atoms with Crippen molar-refractivity contribution in [2.75, 3.05) is 12.3 Å². The molecule has 1 rings (SSSR count). The highest BCUT2D eigenvalue weighted by Crippen LogP contribution is 2.12. The van der Waals surface area contributed by atoms with Crippen molar-refractivity contribution in [3.05, 3.63) is 29.3 Å². The van der Waals surface area contributed by atoms with Crippen LogP contribution >= 0.6 is 0 Å². The number of nitrogens with two attached hydrogens (primary N) is 1. The first-order valence-electron chi connectivity index (χ1n) is 6.37. The number of carboxylic acid groups (broad SMARTS) is 1. The van der Waals surface area contributed by atoms with Gasteiger partial charge in [0.1, 0.15) is 0 Å². The van der Waals surface area contributed by atoms with Crippen molar-refractivity contribution in [1.82, 2.24) is 5.32 Å². The van der Waals surface area contributed by atoms with E-state index in [-0.39, 0.29) is 12.3 Å². The van der Waals surface area contributed by atoms with Crippen LogP contribution in [0.5, 0.6) is 0 Å². The Kier molecular flexibility index (Phi) is 5.85. The third-order valence-electron chi connectivity index (χ3n) is 2.89. The minimum absolute atomic E-state index is 0.148. The fourth-order valence-corrected chi connectivity index (χ4v) is 1.66. The highest BCUT2D eigenvalue weighted by Gasteiger charge is 2.06. The second-order valence-corrected chi connectivity index (χ2v) is 4.53. The van der Waals surface area contributed by atoms with E-state index < -0.39 is 5.97 Å². The van der Waals surface area contributed by atoms with E-state index in [4.69, 9.17) is 10.8 Å². The van der Waals surface area contributed by atoms with Gasteiger partial charge in [0.15, 0.2) is 0 Å². The smallest absolute Gasteiger partial charge is 0.303 e. The predicted molar refractivity (Wildman–Crippen MR) is 74.0 cm³/mol. The Morgan fingerprint density at radius 2 is 2.00 bits per heavy atom. The van der Waals surface area contributed by atoms with Gasteiger partial charge in [0, 0.05) is 24.2 Å². The largest absolute Gasteiger partial charge is 0.481 e. The molecule has 0 saturated carbocycles. The minimum atomic E-state index is -0.779. The van der Waals surface area contributed by atoms with Crippen molar-refractivity contribution in [2.45, 2.75) is 32.6 Å². The number of carbonyl (C=O) groups excluding carboxylic acids is 1. The van der Waals surface area contributed by atoms with Gasteiger partial charge in [0.25, 0.3) is 5.91 Å². The molecule has 0 fully saturated rings. The summed E-state index contributed by atoms with van der Waals surface area (Å²) in [6.07, 6.45) is 2.40. The van der Waals surface area contributed by atoms with Crippen molar-refractivity contribution in [2.24, 2.45) is 0 Å². The van der Waals surface area contributed by atoms with Gasteiger partial charge in [-0.2, -0.15) is 0 Å². The molecule has 0 spiro atoms. The predicted octanol–water partition coefficient (Wildman–Crippen LogP) is 1.95. The van der Waals surface area contributed by atoms with Gasteiger partial charge >= 0.3 is 5.97 Å². The van der Waals surface area contributed by atoms with Gasteiger partial charge in [-0.05, 0) is 37.5 Å². The number of nitrogens with one attached hydrogen (secondary N) is 1. The van der Waals surface area contributed by atoms with E-state index in [1.165, 1.54) is 0 Å². The van der Waals surface area contributed by atoms with E-state index >= 15 is 0 Å². The quantitative estimate of drug-likeness (QED) is 0.518. The Hall–Kier alpha value is -2.04. The summed E-state index contributed by atoms with van der Waals surface area (Å²) in [6, 6.07) is 5.22. The molecule has 0 atom stereocenters. The van der Waals surface area contributed by atoms with Crippen LogP contribution in [0.2, 0.25) is 0 Å². The molecule has 1 amide bonds. The third kappa shape index (κ3) is 5.42. The first kappa shape index (κ1) is 15.0. The molecule has 5 nitrogen and oxygen atoms in total. The van der Waals surface area contributed by atoms with E-state index in [0.717, 1.165) is 18.4 Å². The summed E-state index contributed by atoms with van der Waals surface area (Å²) in [5.41, 5.74) is 7.85. The molecule has 0 unspecified atom stereocenters. The van der Waals surface area contributed by atoms with Crippen LogP contribution in [0.1, 0.15) is 41.6 Å². The van der Waals surface area contributed by atoms with E-state index in [9.17, 15) is 9.59 Å². The number of carbonyl (C=O) groups is 2. The molecule has 1 aromatic rings. The number of amides is 1. The lowest BCUT2D eigenvalue weighted by Crippen LogP contribution is -2.24. The van der Waals surface area contributed by atoms with Crippen molar-refractivity contribution in [3.63, 3.8) is 0 Å². The number of anilines is 1. The lowest BCUT2D eigenvalue weighted by molar-refractivity contribution is -0.137. The lowest BCUT2D eigenvalue weighted by Gasteiger charge is -2.07. The SMILES string of the molecule is Cc1ccc(C(=O)NCCCCCC(=O)O)cc1N. The zero-order valence-corrected chi connectivity index (χ0v) is 11.1. The van der Waals surface area contributed by atoms with Gasteiger partial charge in [-0.25, -0.2) is 0 Å². The maximum Gasteiger partial charge on any atom is 0.303 e. The maximum atomic E-state index is 11.8. The van der Waals surface area contributed by atoms with E-state index in [1.807, 2.05) is 13.0 Å². The summed E-state index contributed by atoms with van der Waals surface area (Å²) in [5, 5.41) is 11.3. The molecule has 0 aromatic heterocycles. The minimum Gasteiger partial charge on any atom is -0.481 e. The normalized spacial score (nSPS) is 10.2. The first-order valence-corrected chi connectivity index (χ1v) is 6.37. The van der Waals surface area contributed by atoms with Gasteiger partial charge in [0.2, 0.25) is 0 Å². The Labute approximate surface area is 112 Å². The Morgan fingerprint density at radius 3 is 2.63 bits per heavy atom. The molecule has 0 radical (unpaired) electrons. The number of rotatable bonds is 7. The zero-order valence-electron chi connectivity index (χ0n) is 11.1. The molecular formula is C14H20N2O3. The summed E-state index contributed by atoms with van der Waals surface area (Å²) in [6.45, 7) is 2.44. The van der Waals surface area contributed by atoms with Crippen LogP contribution in [-0.2, 0) is 4.79 Å². The molecule has 4 N–H and O–H groups in total. The average molecular weight is 264 g/mol. The van der Waals surface area contributed by atoms with Crippen molar-refractivity contribution in [3.8, 4) is 0 Å². The fraction of sp³-hybridized carbons (Fsp3) is 0.429. The number of nitrogen functional groups attached to an aromatic ring is 1. The number of aliphatic carboxylic acids is 1. The van der Waals surface area contributed by atoms with Crippen LogP contribution in [-0.4, -0.2) is 23.5 Å². The second-order valence-electron chi connectivity index (χ2n) is 4.53. The zero-order chi connectivity index (χ0) is 14.3. The molecule has 0 aliphatic rings. The van der Waals surface area contributed by atoms with Crippen LogP contribution in [0.25, 0.3) is 0 Å². The Balaban J connectivity index is 2.27. The number of unbranched alkanes of at least 4 members (excludes halogenated alkanes) is 2. The molecule has 0 heterocycles. The summed E-state index contributed by atoms with van der Waals surface area (Å²) in [7, 11) is 0. The van der Waals surface area contributed by atoms with Gasteiger partial charge in [0.05, 0.1) is 0 Å². The monoisotopic (exact) mass is 264 g/mol. The molecular weight excluding hydrogens is 244 g/mol. The van der Waals surface area contributed by atoms with Crippen molar-refractivity contribution >= 4 is 17.6 Å². The highest BCUT2D eigenvalue weighted by molar-refractivity contribution is 5.95. The van der Waals surface area contributed by atoms with E-state index in [1.54, 1.807) is 12.1 Å². The summed E-state index contributed by atoms with van der Waals surface area (Å²) in [4.78, 5) is 22.1. The molecule has 0 bridgehead atoms. The summed E-state index contributed by atoms with van der Waals surface area (Å²) >= 11 is 0. The average Bonchev–Trinajstić information content (AvgIpc) is 2.36. The lowest BCUT2D eigenvalue weighted by atomic mass is 10.1. The highest BCUT2D eigenvalue weighted by atomic mass is 16.4. The van der Waals surface area contributed by atoms with Gasteiger partial charge in [-0.15, -0.1) is 0 Å². The topological polar surface area (TPSA) is 92.4 Å². The first-order chi connectivity index (χ1) is 9.00. The van der Waals surface area contributed by atoms with Gasteiger partial charge < -0.3 is 16.2 Å². The third-order valence-corrected chi connectivity index (χ3v) is 2.89. The molecule has 1 aromatic carbocycles. The van der Waals surface area contributed by atoms with E-state index in [2.05, 4.69) is 5.32 Å². The Morgan fingerprint density at radius 1 is 1.26 bits per heavy atom. The van der Waals surface area contributed by atoms with Crippen molar-refractivity contribution in [1.29, 1.82) is 0 Å². The number of hydrogen-bond donors (Lipinski definition) is 3. The molecule has 104 valence electrons. The van der Waals surface area contributed by atoms with Crippen LogP contribution in [0, 0.1) is 6.92 Å². The van der Waals surface area contributed by atoms with Crippen LogP contribution < -0.4 is 11.1 Å². The van der Waals surface area contributed by atoms with Gasteiger partial charge in [-0.3, -0.25) is 9.59 Å². The Bertz CT molecular complexity index is 458. The standard InChI is InChI=1S/C14H20N2O3/c1-10-6-7-11(9-12(10)15)14(19)16-8-4-2-3-5-13(17)18/h6-7,9H,2-5,8,15H2,1H3,(H,16,19)(H,17,18). The maximum absolute atomic E-state index is 11.8. The number of hydrogen-bond acceptors (Lipinski definition) is 3. The number of carboxylic acids is 1. The summed E-state index contributed by atoms with van der Waals surface area (Å²) < 4.78 is 0. The van der Waals surface area contributed by atoms with Crippen LogP contribution in [0.3, 0.4) is 0 Å².